The number of benzene rings is 1. The lowest BCUT2D eigenvalue weighted by Gasteiger charge is -2.26. The fraction of sp³-hybridized carbons (Fsp3) is 0.417. The standard InChI is InChI=1S/C12H15NO2/c1-8(13)12(14)10-4-2-3-9(5-10)11-6-15-7-11/h2-5,8,11H,6-7,13H2,1H3. The number of Topliss-reactive ketones (excluding diaryl/α,β-unsaturated/α-hetero) is 1. The van der Waals surface area contributed by atoms with Crippen LogP contribution in [0.5, 0.6) is 0 Å². The van der Waals surface area contributed by atoms with E-state index in [2.05, 4.69) is 0 Å². The molecule has 2 N–H and O–H groups in total. The van der Waals surface area contributed by atoms with Gasteiger partial charge in [-0.05, 0) is 18.6 Å². The Bertz CT molecular complexity index is 370. The molecule has 1 aliphatic heterocycles. The molecule has 1 heterocycles. The highest BCUT2D eigenvalue weighted by Gasteiger charge is 2.21. The number of hydrogen-bond donors (Lipinski definition) is 1. The number of carbonyl (C=O) groups excluding carboxylic acids is 1. The van der Waals surface area contributed by atoms with Crippen LogP contribution in [0.2, 0.25) is 0 Å². The molecule has 1 unspecified atom stereocenters. The molecule has 15 heavy (non-hydrogen) atoms. The van der Waals surface area contributed by atoms with E-state index in [1.165, 1.54) is 5.56 Å². The topological polar surface area (TPSA) is 52.3 Å². The van der Waals surface area contributed by atoms with E-state index >= 15 is 0 Å². The van der Waals surface area contributed by atoms with Crippen molar-refractivity contribution in [3.63, 3.8) is 0 Å². The largest absolute Gasteiger partial charge is 0.380 e. The molecule has 80 valence electrons. The van der Waals surface area contributed by atoms with Crippen molar-refractivity contribution in [1.82, 2.24) is 0 Å². The highest BCUT2D eigenvalue weighted by molar-refractivity contribution is 5.99. The number of hydrogen-bond acceptors (Lipinski definition) is 3. The Kier molecular flexibility index (Phi) is 2.84. The molecule has 1 aromatic carbocycles. The Hall–Kier alpha value is -1.19. The van der Waals surface area contributed by atoms with Crippen molar-refractivity contribution in [1.29, 1.82) is 0 Å². The molecule has 2 rings (SSSR count). The highest BCUT2D eigenvalue weighted by atomic mass is 16.5. The molecular weight excluding hydrogens is 190 g/mol. The molecule has 3 nitrogen and oxygen atoms in total. The zero-order valence-corrected chi connectivity index (χ0v) is 8.77. The van der Waals surface area contributed by atoms with E-state index in [9.17, 15) is 4.79 Å². The van der Waals surface area contributed by atoms with Gasteiger partial charge in [-0.2, -0.15) is 0 Å². The Morgan fingerprint density at radius 3 is 2.80 bits per heavy atom. The van der Waals surface area contributed by atoms with Crippen LogP contribution >= 0.6 is 0 Å². The van der Waals surface area contributed by atoms with E-state index < -0.39 is 6.04 Å². The van der Waals surface area contributed by atoms with Gasteiger partial charge in [0.2, 0.25) is 0 Å². The van der Waals surface area contributed by atoms with Crippen molar-refractivity contribution in [2.24, 2.45) is 5.73 Å². The number of nitrogens with two attached hydrogens (primary N) is 1. The lowest BCUT2D eigenvalue weighted by Crippen LogP contribution is -2.28. The second-order valence-electron chi connectivity index (χ2n) is 4.01. The van der Waals surface area contributed by atoms with Crippen LogP contribution in [0.25, 0.3) is 0 Å². The summed E-state index contributed by atoms with van der Waals surface area (Å²) in [6, 6.07) is 7.25. The van der Waals surface area contributed by atoms with Crippen LogP contribution in [0, 0.1) is 0 Å². The van der Waals surface area contributed by atoms with Crippen molar-refractivity contribution in [3.05, 3.63) is 35.4 Å². The minimum atomic E-state index is -0.433. The van der Waals surface area contributed by atoms with Crippen molar-refractivity contribution in [3.8, 4) is 0 Å². The first-order valence-corrected chi connectivity index (χ1v) is 5.16. The minimum absolute atomic E-state index is 0.00269. The van der Waals surface area contributed by atoms with Gasteiger partial charge in [0.05, 0.1) is 19.3 Å². The van der Waals surface area contributed by atoms with Crippen molar-refractivity contribution >= 4 is 5.78 Å². The summed E-state index contributed by atoms with van der Waals surface area (Å²) in [5, 5.41) is 0. The van der Waals surface area contributed by atoms with E-state index in [1.54, 1.807) is 6.92 Å². The maximum absolute atomic E-state index is 11.7. The third-order valence-electron chi connectivity index (χ3n) is 2.69. The predicted molar refractivity (Wildman–Crippen MR) is 58.0 cm³/mol. The summed E-state index contributed by atoms with van der Waals surface area (Å²) in [7, 11) is 0. The van der Waals surface area contributed by atoms with Gasteiger partial charge in [0.1, 0.15) is 0 Å². The van der Waals surface area contributed by atoms with Crippen LogP contribution in [-0.2, 0) is 4.74 Å². The first-order valence-electron chi connectivity index (χ1n) is 5.16. The van der Waals surface area contributed by atoms with E-state index in [-0.39, 0.29) is 5.78 Å². The zero-order chi connectivity index (χ0) is 10.8. The second-order valence-corrected chi connectivity index (χ2v) is 4.01. The fourth-order valence-electron chi connectivity index (χ4n) is 1.64. The molecule has 1 atom stereocenters. The van der Waals surface area contributed by atoms with Gasteiger partial charge in [0.25, 0.3) is 0 Å². The summed E-state index contributed by atoms with van der Waals surface area (Å²) < 4.78 is 5.13. The Balaban J connectivity index is 2.22. The van der Waals surface area contributed by atoms with E-state index in [0.29, 0.717) is 11.5 Å². The highest BCUT2D eigenvalue weighted by Crippen LogP contribution is 2.24. The van der Waals surface area contributed by atoms with E-state index in [4.69, 9.17) is 10.5 Å². The van der Waals surface area contributed by atoms with Crippen LogP contribution < -0.4 is 5.73 Å². The molecule has 3 heteroatoms. The zero-order valence-electron chi connectivity index (χ0n) is 8.77. The van der Waals surface area contributed by atoms with Gasteiger partial charge in [-0.3, -0.25) is 4.79 Å². The average molecular weight is 205 g/mol. The minimum Gasteiger partial charge on any atom is -0.380 e. The van der Waals surface area contributed by atoms with Crippen LogP contribution in [0.4, 0.5) is 0 Å². The van der Waals surface area contributed by atoms with Gasteiger partial charge in [0, 0.05) is 11.5 Å². The molecule has 1 saturated heterocycles. The van der Waals surface area contributed by atoms with Crippen LogP contribution in [-0.4, -0.2) is 25.0 Å². The summed E-state index contributed by atoms with van der Waals surface area (Å²) in [4.78, 5) is 11.7. The van der Waals surface area contributed by atoms with Crippen molar-refractivity contribution in [2.45, 2.75) is 18.9 Å². The monoisotopic (exact) mass is 205 g/mol. The molecule has 0 saturated carbocycles. The van der Waals surface area contributed by atoms with Crippen LogP contribution in [0.1, 0.15) is 28.8 Å². The lowest BCUT2D eigenvalue weighted by atomic mass is 9.94. The molecule has 1 aliphatic rings. The van der Waals surface area contributed by atoms with Gasteiger partial charge in [-0.25, -0.2) is 0 Å². The Labute approximate surface area is 89.2 Å². The second kappa shape index (κ2) is 4.13. The molecule has 0 radical (unpaired) electrons. The summed E-state index contributed by atoms with van der Waals surface area (Å²) in [5.74, 6) is 0.447. The third kappa shape index (κ3) is 2.08. The van der Waals surface area contributed by atoms with Gasteiger partial charge in [-0.15, -0.1) is 0 Å². The fourth-order valence-corrected chi connectivity index (χ4v) is 1.64. The lowest BCUT2D eigenvalue weighted by molar-refractivity contribution is 0.00839. The third-order valence-corrected chi connectivity index (χ3v) is 2.69. The number of ketones is 1. The first-order chi connectivity index (χ1) is 7.18. The van der Waals surface area contributed by atoms with Gasteiger partial charge in [0.15, 0.2) is 5.78 Å². The molecule has 0 bridgehead atoms. The maximum atomic E-state index is 11.7. The molecule has 1 fully saturated rings. The van der Waals surface area contributed by atoms with Crippen LogP contribution in [0.15, 0.2) is 24.3 Å². The summed E-state index contributed by atoms with van der Waals surface area (Å²) >= 11 is 0. The normalized spacial score (nSPS) is 18.3. The van der Waals surface area contributed by atoms with Gasteiger partial charge >= 0.3 is 0 Å². The van der Waals surface area contributed by atoms with Gasteiger partial charge in [-0.1, -0.05) is 18.2 Å². The van der Waals surface area contributed by atoms with E-state index in [0.717, 1.165) is 13.2 Å². The number of carbonyl (C=O) groups is 1. The number of ether oxygens (including phenoxy) is 1. The number of rotatable bonds is 3. The molecule has 0 aliphatic carbocycles. The smallest absolute Gasteiger partial charge is 0.179 e. The Morgan fingerprint density at radius 1 is 1.53 bits per heavy atom. The summed E-state index contributed by atoms with van der Waals surface area (Å²) in [6.45, 7) is 3.23. The SMILES string of the molecule is CC(N)C(=O)c1cccc(C2COC2)c1. The molecule has 0 amide bonds. The van der Waals surface area contributed by atoms with Gasteiger partial charge < -0.3 is 10.5 Å². The molecule has 0 spiro atoms. The molecular formula is C12H15NO2. The first kappa shape index (κ1) is 10.3. The quantitative estimate of drug-likeness (QED) is 0.757. The maximum Gasteiger partial charge on any atom is 0.179 e. The van der Waals surface area contributed by atoms with E-state index in [1.807, 2.05) is 24.3 Å². The molecule has 0 aromatic heterocycles. The van der Waals surface area contributed by atoms with Crippen molar-refractivity contribution < 1.29 is 9.53 Å². The van der Waals surface area contributed by atoms with Crippen molar-refractivity contribution in [2.75, 3.05) is 13.2 Å². The van der Waals surface area contributed by atoms with Crippen LogP contribution in [0.3, 0.4) is 0 Å². The predicted octanol–water partition coefficient (Wildman–Crippen LogP) is 1.33. The summed E-state index contributed by atoms with van der Waals surface area (Å²) in [6.07, 6.45) is 0. The Morgan fingerprint density at radius 2 is 2.27 bits per heavy atom. The summed E-state index contributed by atoms with van der Waals surface area (Å²) in [5.41, 5.74) is 7.44. The average Bonchev–Trinajstić information content (AvgIpc) is 2.14. The molecule has 1 aromatic rings.